The van der Waals surface area contributed by atoms with Gasteiger partial charge >= 0.3 is 12.4 Å². The fourth-order valence-corrected chi connectivity index (χ4v) is 1.47. The van der Waals surface area contributed by atoms with E-state index in [1.165, 1.54) is 0 Å². The third kappa shape index (κ3) is 2.52. The minimum Gasteiger partial charge on any atom is -0.232 e. The molecule has 14 heavy (non-hydrogen) atoms. The maximum Gasteiger partial charge on any atom is 0.403 e. The molecule has 0 unspecified atom stereocenters. The van der Waals surface area contributed by atoms with Crippen molar-refractivity contribution in [3.05, 3.63) is 0 Å². The molecule has 0 aromatic carbocycles. The predicted octanol–water partition coefficient (Wildman–Crippen LogP) is 1.73. The Hall–Kier alpha value is -0.470. The van der Waals surface area contributed by atoms with Gasteiger partial charge in [-0.25, -0.2) is 8.42 Å². The Bertz CT molecular complexity index is 253. The molecule has 0 aliphatic heterocycles. The van der Waals surface area contributed by atoms with Crippen LogP contribution in [-0.4, -0.2) is 26.5 Å². The molecule has 0 saturated carbocycles. The molecule has 0 atom stereocenters. The molecule has 0 spiro atoms. The number of hydrogen-bond donors (Lipinski definition) is 1. The molecule has 0 aromatic heterocycles. The maximum absolute atomic E-state index is 12.0. The molecule has 0 bridgehead atoms. The average molecular weight is 244 g/mol. The van der Waals surface area contributed by atoms with Gasteiger partial charge in [-0.2, -0.15) is 26.3 Å². The van der Waals surface area contributed by atoms with Crippen LogP contribution in [0.4, 0.5) is 26.3 Å². The second-order valence-corrected chi connectivity index (χ2v) is 3.80. The van der Waals surface area contributed by atoms with Crippen molar-refractivity contribution >= 4 is 10.7 Å². The summed E-state index contributed by atoms with van der Waals surface area (Å²) in [6, 6.07) is 0. The van der Waals surface area contributed by atoms with Crippen LogP contribution >= 0.6 is 0 Å². The van der Waals surface area contributed by atoms with E-state index in [0.717, 1.165) is 0 Å². The average Bonchev–Trinajstić information content (AvgIpc) is 1.79. The lowest BCUT2D eigenvalue weighted by Crippen LogP contribution is -2.50. The Morgan fingerprint density at radius 1 is 0.929 bits per heavy atom. The molecule has 0 heterocycles. The van der Waals surface area contributed by atoms with Gasteiger partial charge in [0.1, 0.15) is 10.7 Å². The van der Waals surface area contributed by atoms with Crippen molar-refractivity contribution in [2.45, 2.75) is 19.3 Å². The quantitative estimate of drug-likeness (QED) is 0.593. The van der Waals surface area contributed by atoms with E-state index in [1.54, 1.807) is 0 Å². The van der Waals surface area contributed by atoms with Crippen molar-refractivity contribution in [3.63, 3.8) is 0 Å². The first-order valence-electron chi connectivity index (χ1n) is 3.17. The van der Waals surface area contributed by atoms with E-state index in [9.17, 15) is 34.8 Å². The Morgan fingerprint density at radius 3 is 1.29 bits per heavy atom. The van der Waals surface area contributed by atoms with Gasteiger partial charge in [0.05, 0.1) is 5.75 Å². The summed E-state index contributed by atoms with van der Waals surface area (Å²) in [4.78, 5) is 0. The summed E-state index contributed by atoms with van der Waals surface area (Å²) >= 11 is 0. The number of halogens is 6. The van der Waals surface area contributed by atoms with Gasteiger partial charge in [0.15, 0.2) is 5.41 Å². The monoisotopic (exact) mass is 244 g/mol. The first kappa shape index (κ1) is 13.5. The van der Waals surface area contributed by atoms with Crippen LogP contribution in [0.1, 0.15) is 6.92 Å². The molecule has 0 N–H and O–H groups in total. The van der Waals surface area contributed by atoms with Crippen LogP contribution in [0.15, 0.2) is 0 Å². The van der Waals surface area contributed by atoms with E-state index in [4.69, 9.17) is 0 Å². The van der Waals surface area contributed by atoms with Crippen molar-refractivity contribution in [2.24, 2.45) is 5.41 Å². The molecule has 0 radical (unpaired) electrons. The van der Waals surface area contributed by atoms with Gasteiger partial charge in [-0.05, 0) is 6.92 Å². The standard InChI is InChI=1S/C5H6F6O2S/c1-3(2-14(12)13,4(6,7)8)5(9,10)11/h14H,2H2,1H3. The van der Waals surface area contributed by atoms with Crippen LogP contribution in [-0.2, 0) is 10.7 Å². The smallest absolute Gasteiger partial charge is 0.232 e. The second kappa shape index (κ2) is 3.59. The highest BCUT2D eigenvalue weighted by atomic mass is 32.2. The first-order valence-corrected chi connectivity index (χ1v) is 4.53. The lowest BCUT2D eigenvalue weighted by atomic mass is 9.92. The topological polar surface area (TPSA) is 34.1 Å². The highest BCUT2D eigenvalue weighted by Crippen LogP contribution is 2.49. The zero-order valence-electron chi connectivity index (χ0n) is 6.74. The lowest BCUT2D eigenvalue weighted by molar-refractivity contribution is -0.325. The molecule has 0 rings (SSSR count). The molecule has 0 aromatic rings. The molecule has 86 valence electrons. The fourth-order valence-electron chi connectivity index (χ4n) is 0.598. The molecule has 9 heteroatoms. The van der Waals surface area contributed by atoms with Gasteiger partial charge in [-0.1, -0.05) is 0 Å². The van der Waals surface area contributed by atoms with Crippen LogP contribution in [0.3, 0.4) is 0 Å². The first-order chi connectivity index (χ1) is 5.92. The Kier molecular flexibility index (Phi) is 3.47. The Morgan fingerprint density at radius 2 is 1.21 bits per heavy atom. The third-order valence-corrected chi connectivity index (χ3v) is 2.59. The van der Waals surface area contributed by atoms with Crippen LogP contribution in [0, 0.1) is 5.41 Å². The predicted molar refractivity (Wildman–Crippen MR) is 35.4 cm³/mol. The van der Waals surface area contributed by atoms with Crippen molar-refractivity contribution in [1.82, 2.24) is 0 Å². The Balaban J connectivity index is 5.28. The van der Waals surface area contributed by atoms with Crippen molar-refractivity contribution in [2.75, 3.05) is 5.75 Å². The number of alkyl halides is 6. The van der Waals surface area contributed by atoms with Crippen LogP contribution < -0.4 is 0 Å². The minimum absolute atomic E-state index is 0.182. The molecule has 0 aliphatic rings. The molecule has 0 saturated heterocycles. The highest BCUT2D eigenvalue weighted by Gasteiger charge is 2.67. The van der Waals surface area contributed by atoms with Crippen LogP contribution in [0.5, 0.6) is 0 Å². The van der Waals surface area contributed by atoms with Crippen LogP contribution in [0.2, 0.25) is 0 Å². The van der Waals surface area contributed by atoms with E-state index in [-0.39, 0.29) is 6.92 Å². The van der Waals surface area contributed by atoms with Gasteiger partial charge in [0.2, 0.25) is 0 Å². The summed E-state index contributed by atoms with van der Waals surface area (Å²) < 4.78 is 91.7. The molecular weight excluding hydrogens is 238 g/mol. The van der Waals surface area contributed by atoms with Crippen molar-refractivity contribution < 1.29 is 34.8 Å². The minimum atomic E-state index is -5.64. The largest absolute Gasteiger partial charge is 0.403 e. The normalized spacial score (nSPS) is 14.9. The van der Waals surface area contributed by atoms with Gasteiger partial charge < -0.3 is 0 Å². The summed E-state index contributed by atoms with van der Waals surface area (Å²) in [5.41, 5.74) is -4.20. The van der Waals surface area contributed by atoms with Crippen molar-refractivity contribution in [1.29, 1.82) is 0 Å². The molecular formula is C5H6F6O2S. The second-order valence-electron chi connectivity index (χ2n) is 2.82. The molecule has 2 nitrogen and oxygen atoms in total. The highest BCUT2D eigenvalue weighted by molar-refractivity contribution is 7.72. The van der Waals surface area contributed by atoms with E-state index >= 15 is 0 Å². The van der Waals surface area contributed by atoms with Gasteiger partial charge in [-0.3, -0.25) is 0 Å². The number of hydrogen-bond acceptors (Lipinski definition) is 2. The van der Waals surface area contributed by atoms with E-state index in [2.05, 4.69) is 0 Å². The maximum atomic E-state index is 12.0. The van der Waals surface area contributed by atoms with Gasteiger partial charge in [0, 0.05) is 0 Å². The SMILES string of the molecule is CC(C[SH](=O)=O)(C(F)(F)F)C(F)(F)F. The van der Waals surface area contributed by atoms with Crippen molar-refractivity contribution in [3.8, 4) is 0 Å². The fraction of sp³-hybridized carbons (Fsp3) is 1.00. The number of thiol groups is 1. The van der Waals surface area contributed by atoms with E-state index in [1.807, 2.05) is 0 Å². The molecule has 0 amide bonds. The zero-order chi connectivity index (χ0) is 11.8. The van der Waals surface area contributed by atoms with Gasteiger partial charge in [0.25, 0.3) is 0 Å². The molecule has 0 aliphatic carbocycles. The molecule has 0 fully saturated rings. The summed E-state index contributed by atoms with van der Waals surface area (Å²) in [6.45, 7) is -0.182. The van der Waals surface area contributed by atoms with E-state index in [0.29, 0.717) is 0 Å². The number of rotatable bonds is 2. The van der Waals surface area contributed by atoms with Gasteiger partial charge in [-0.15, -0.1) is 0 Å². The summed E-state index contributed by atoms with van der Waals surface area (Å²) in [6.07, 6.45) is -11.3. The zero-order valence-corrected chi connectivity index (χ0v) is 7.63. The third-order valence-electron chi connectivity index (χ3n) is 1.70. The summed E-state index contributed by atoms with van der Waals surface area (Å²) in [5, 5.41) is 0. The van der Waals surface area contributed by atoms with E-state index < -0.39 is 34.2 Å². The van der Waals surface area contributed by atoms with Crippen LogP contribution in [0.25, 0.3) is 0 Å². The Labute approximate surface area is 76.8 Å². The summed E-state index contributed by atoms with van der Waals surface area (Å²) in [7, 11) is -3.76. The summed E-state index contributed by atoms with van der Waals surface area (Å²) in [5.74, 6) is -1.99. The lowest BCUT2D eigenvalue weighted by Gasteiger charge is -2.31.